The van der Waals surface area contributed by atoms with E-state index in [-0.39, 0.29) is 76.1 Å². The summed E-state index contributed by atoms with van der Waals surface area (Å²) < 4.78 is 24.6. The van der Waals surface area contributed by atoms with Crippen molar-refractivity contribution in [2.24, 2.45) is 17.4 Å². The predicted molar refractivity (Wildman–Crippen MR) is 251 cm³/mol. The van der Waals surface area contributed by atoms with E-state index in [1.807, 2.05) is 24.3 Å². The van der Waals surface area contributed by atoms with E-state index in [9.17, 15) is 42.6 Å². The molecule has 21 heteroatoms. The Morgan fingerprint density at radius 2 is 1.48 bits per heavy atom. The molecule has 66 heavy (non-hydrogen) atoms. The number of nitrogens with two attached hydrogens (primary N) is 2. The molecule has 0 radical (unpaired) electrons. The average Bonchev–Trinajstić information content (AvgIpc) is 3.68. The second-order valence-corrected chi connectivity index (χ2v) is 19.4. The fourth-order valence-corrected chi connectivity index (χ4v) is 8.37. The van der Waals surface area contributed by atoms with Crippen molar-refractivity contribution in [1.29, 1.82) is 5.41 Å². The first kappa shape index (κ1) is 53.2. The molecule has 4 amide bonds. The van der Waals surface area contributed by atoms with E-state index in [2.05, 4.69) is 42.2 Å². The minimum Gasteiger partial charge on any atom is -0.378 e. The van der Waals surface area contributed by atoms with Gasteiger partial charge in [-0.05, 0) is 74.6 Å². The monoisotopic (exact) mass is 940 g/mol. The van der Waals surface area contributed by atoms with Crippen molar-refractivity contribution in [1.82, 2.24) is 42.2 Å². The first-order valence-corrected chi connectivity index (χ1v) is 24.6. The number of aliphatic hydroxyl groups excluding tert-OH is 2. The number of H-pyrrole nitrogens is 1. The molecule has 1 fully saturated rings. The van der Waals surface area contributed by atoms with Crippen LogP contribution in [0.2, 0.25) is 0 Å². The van der Waals surface area contributed by atoms with Gasteiger partial charge < -0.3 is 53.2 Å². The normalized spacial score (nSPS) is 25.6. The molecular formula is C45H69N11O9S. The first-order chi connectivity index (χ1) is 31.4. The number of Topliss-reactive ketones (excluding diaryl/α,β-unsaturated/α-hetero) is 1. The fraction of sp³-hybridized carbons (Fsp3) is 0.556. The SMILES string of the molecule is C[C@H]1CCC(=O)CCNCCCC[C@@H](C(N)=O)N[C@@H](O)[C@H](Cc2c[nH]c3ccccc23)NC(=O)[C@H](CCCNC(=N)N)NC(=O)[C@@H](Cc2ccccc2)NC(=O)[C@H](CCS(C)(=O)=O)N[C@H]1O. The zero-order valence-corrected chi connectivity index (χ0v) is 38.6. The van der Waals surface area contributed by atoms with Crippen LogP contribution in [0.5, 0.6) is 0 Å². The highest BCUT2D eigenvalue weighted by molar-refractivity contribution is 7.90. The smallest absolute Gasteiger partial charge is 0.243 e. The molecule has 2 aromatic carbocycles. The number of sulfone groups is 1. The van der Waals surface area contributed by atoms with Crippen LogP contribution < -0.4 is 48.7 Å². The standard InChI is InChI=1S/C45H69N11O9S/c1-28-17-18-31(57)19-23-49-21-9-8-15-34(39(46)58)52-44(63)38(26-30-27-51-33-14-7-6-13-32(30)33)56-41(60)35(16-10-22-50-45(47)48)54-43(62)37(25-29-11-4-3-5-12-29)55-42(61)36(53-40(28)59)20-24-66(2,64)65/h3-7,11-14,27-28,34-38,40,44,49,51-53,59,63H,8-10,15-26H2,1-2H3,(H2,46,58)(H,54,62)(H,55,61)(H,56,60)(H4,47,48,50)/t28-,34-,35-,36-,37+,38-,40-,44-/m0/s1. The van der Waals surface area contributed by atoms with E-state index < -0.39 is 87.8 Å². The van der Waals surface area contributed by atoms with Crippen molar-refractivity contribution in [2.45, 2.75) is 120 Å². The van der Waals surface area contributed by atoms with Gasteiger partial charge in [0.25, 0.3) is 0 Å². The molecule has 1 aromatic heterocycles. The highest BCUT2D eigenvalue weighted by Crippen LogP contribution is 2.21. The van der Waals surface area contributed by atoms with Gasteiger partial charge in [0.15, 0.2) is 5.96 Å². The maximum Gasteiger partial charge on any atom is 0.243 e. The molecule has 1 aliphatic rings. The van der Waals surface area contributed by atoms with Gasteiger partial charge in [0.05, 0.1) is 23.9 Å². The van der Waals surface area contributed by atoms with Crippen LogP contribution in [0.25, 0.3) is 10.9 Å². The number of aromatic nitrogens is 1. The summed E-state index contributed by atoms with van der Waals surface area (Å²) in [5, 5.41) is 51.5. The van der Waals surface area contributed by atoms with Gasteiger partial charge in [0.1, 0.15) is 40.2 Å². The second-order valence-electron chi connectivity index (χ2n) is 17.2. The van der Waals surface area contributed by atoms with Crippen molar-refractivity contribution >= 4 is 56.1 Å². The number of primary amides is 1. The molecule has 4 rings (SSSR count). The third kappa shape index (κ3) is 18.4. The number of amides is 4. The number of para-hydroxylation sites is 1. The predicted octanol–water partition coefficient (Wildman–Crippen LogP) is -0.707. The van der Waals surface area contributed by atoms with Crippen molar-refractivity contribution in [3.63, 3.8) is 0 Å². The number of carbonyl (C=O) groups is 5. The molecule has 0 spiro atoms. The first-order valence-electron chi connectivity index (χ1n) is 22.6. The Morgan fingerprint density at radius 3 is 2.20 bits per heavy atom. The average molecular weight is 940 g/mol. The molecule has 0 aliphatic carbocycles. The maximum atomic E-state index is 14.5. The Hall–Kier alpha value is -5.45. The molecule has 8 atom stereocenters. The quantitative estimate of drug-likeness (QED) is 0.0607. The molecule has 1 saturated heterocycles. The van der Waals surface area contributed by atoms with Gasteiger partial charge >= 0.3 is 0 Å². The van der Waals surface area contributed by atoms with Crippen LogP contribution in [0.3, 0.4) is 0 Å². The Labute approximate surface area is 386 Å². The summed E-state index contributed by atoms with van der Waals surface area (Å²) in [6.45, 7) is 2.81. The molecule has 2 heterocycles. The summed E-state index contributed by atoms with van der Waals surface area (Å²) in [7, 11) is -3.58. The summed E-state index contributed by atoms with van der Waals surface area (Å²) in [5.41, 5.74) is 13.5. The van der Waals surface area contributed by atoms with Gasteiger partial charge in [-0.25, -0.2) is 8.42 Å². The number of aliphatic hydroxyl groups is 2. The lowest BCUT2D eigenvalue weighted by molar-refractivity contribution is -0.133. The lowest BCUT2D eigenvalue weighted by atomic mass is 9.99. The summed E-state index contributed by atoms with van der Waals surface area (Å²) in [6.07, 6.45) is 2.03. The summed E-state index contributed by atoms with van der Waals surface area (Å²) in [5.74, 6) is -4.25. The zero-order valence-electron chi connectivity index (χ0n) is 37.8. The summed E-state index contributed by atoms with van der Waals surface area (Å²) >= 11 is 0. The van der Waals surface area contributed by atoms with E-state index in [0.29, 0.717) is 31.5 Å². The van der Waals surface area contributed by atoms with Crippen LogP contribution in [0.4, 0.5) is 0 Å². The van der Waals surface area contributed by atoms with Gasteiger partial charge in [-0.15, -0.1) is 0 Å². The van der Waals surface area contributed by atoms with E-state index in [1.54, 1.807) is 43.5 Å². The molecule has 0 saturated carbocycles. The topological polar surface area (TPSA) is 336 Å². The molecule has 0 unspecified atom stereocenters. The number of hydrogen-bond donors (Lipinski definition) is 13. The molecule has 364 valence electrons. The third-order valence-electron chi connectivity index (χ3n) is 11.6. The van der Waals surface area contributed by atoms with E-state index >= 15 is 0 Å². The highest BCUT2D eigenvalue weighted by atomic mass is 32.2. The number of carbonyl (C=O) groups excluding carboxylic acids is 5. The number of aromatic amines is 1. The zero-order chi connectivity index (χ0) is 48.2. The lowest BCUT2D eigenvalue weighted by Crippen LogP contribution is -2.61. The second kappa shape index (κ2) is 26.6. The van der Waals surface area contributed by atoms with E-state index in [1.165, 1.54) is 0 Å². The van der Waals surface area contributed by atoms with Gasteiger partial charge in [0, 0.05) is 55.7 Å². The van der Waals surface area contributed by atoms with Crippen molar-refractivity contribution in [3.8, 4) is 0 Å². The van der Waals surface area contributed by atoms with Gasteiger partial charge in [-0.2, -0.15) is 0 Å². The Kier molecular flexibility index (Phi) is 21.5. The van der Waals surface area contributed by atoms with Crippen molar-refractivity contribution in [3.05, 3.63) is 71.9 Å². The highest BCUT2D eigenvalue weighted by Gasteiger charge is 2.34. The number of nitrogens with one attached hydrogen (secondary N) is 9. The largest absolute Gasteiger partial charge is 0.378 e. The fourth-order valence-electron chi connectivity index (χ4n) is 7.71. The Balaban J connectivity index is 1.72. The summed E-state index contributed by atoms with van der Waals surface area (Å²) in [6, 6.07) is 10.3. The number of ketones is 1. The number of fused-ring (bicyclic) bond motifs is 1. The minimum absolute atomic E-state index is 0.0102. The maximum absolute atomic E-state index is 14.5. The number of hydrogen-bond acceptors (Lipinski definition) is 13. The van der Waals surface area contributed by atoms with Crippen LogP contribution in [0, 0.1) is 11.3 Å². The Morgan fingerprint density at radius 1 is 0.803 bits per heavy atom. The molecule has 1 aliphatic heterocycles. The lowest BCUT2D eigenvalue weighted by Gasteiger charge is -2.31. The van der Waals surface area contributed by atoms with Crippen LogP contribution >= 0.6 is 0 Å². The Bertz CT molecular complexity index is 2170. The van der Waals surface area contributed by atoms with E-state index in [4.69, 9.17) is 16.9 Å². The van der Waals surface area contributed by atoms with Crippen LogP contribution in [0.15, 0.2) is 60.8 Å². The van der Waals surface area contributed by atoms with Gasteiger partial charge in [-0.1, -0.05) is 61.9 Å². The van der Waals surface area contributed by atoms with Gasteiger partial charge in [-0.3, -0.25) is 40.0 Å². The third-order valence-corrected chi connectivity index (χ3v) is 12.6. The molecule has 20 nitrogen and oxygen atoms in total. The molecule has 3 aromatic rings. The minimum atomic E-state index is -3.58. The van der Waals surface area contributed by atoms with Gasteiger partial charge in [0.2, 0.25) is 23.6 Å². The van der Waals surface area contributed by atoms with Crippen molar-refractivity contribution < 1.29 is 42.6 Å². The number of benzene rings is 2. The van der Waals surface area contributed by atoms with Crippen LogP contribution in [0.1, 0.15) is 75.8 Å². The van der Waals surface area contributed by atoms with Crippen LogP contribution in [-0.4, -0.2) is 133 Å². The molecular weight excluding hydrogens is 871 g/mol. The molecule has 0 bridgehead atoms. The van der Waals surface area contributed by atoms with Crippen molar-refractivity contribution in [2.75, 3.05) is 31.6 Å². The van der Waals surface area contributed by atoms with E-state index in [0.717, 1.165) is 22.7 Å². The van der Waals surface area contributed by atoms with Crippen LogP contribution in [-0.2, 0) is 46.7 Å². The summed E-state index contributed by atoms with van der Waals surface area (Å²) in [4.78, 5) is 71.8. The number of guanidine groups is 1. The molecule has 15 N–H and O–H groups in total. The number of rotatable bonds is 12.